The average molecular weight is 481 g/mol. The minimum absolute atomic E-state index is 0.200. The molecule has 5 rings (SSSR count). The summed E-state index contributed by atoms with van der Waals surface area (Å²) >= 11 is 6.20. The van der Waals surface area contributed by atoms with Gasteiger partial charge in [-0.25, -0.2) is 4.79 Å². The molecule has 0 radical (unpaired) electrons. The maximum absolute atomic E-state index is 13.0. The quantitative estimate of drug-likeness (QED) is 0.540. The van der Waals surface area contributed by atoms with E-state index in [-0.39, 0.29) is 6.03 Å². The van der Waals surface area contributed by atoms with Crippen molar-refractivity contribution >= 4 is 23.3 Å². The van der Waals surface area contributed by atoms with E-state index in [4.69, 9.17) is 30.5 Å². The Bertz CT molecular complexity index is 1190. The number of nitrogens with zero attached hydrogens (tertiary/aromatic N) is 1. The molecule has 0 unspecified atom stereocenters. The van der Waals surface area contributed by atoms with Crippen molar-refractivity contribution in [3.63, 3.8) is 0 Å². The summed E-state index contributed by atoms with van der Waals surface area (Å²) in [7, 11) is 0. The van der Waals surface area contributed by atoms with E-state index in [1.165, 1.54) is 0 Å². The minimum atomic E-state index is -0.200. The van der Waals surface area contributed by atoms with E-state index < -0.39 is 0 Å². The lowest BCUT2D eigenvalue weighted by molar-refractivity contribution is 0.107. The number of ether oxygens (including phenoxy) is 4. The van der Waals surface area contributed by atoms with E-state index in [0.717, 1.165) is 22.4 Å². The lowest BCUT2D eigenvalue weighted by atomic mass is 10.1. The lowest BCUT2D eigenvalue weighted by Gasteiger charge is -2.22. The molecule has 0 saturated heterocycles. The van der Waals surface area contributed by atoms with Gasteiger partial charge < -0.3 is 29.2 Å². The number of rotatable bonds is 5. The molecule has 0 atom stereocenters. The fourth-order valence-corrected chi connectivity index (χ4v) is 4.12. The third-order valence-electron chi connectivity index (χ3n) is 5.67. The third kappa shape index (κ3) is 5.21. The van der Waals surface area contributed by atoms with Gasteiger partial charge in [-0.3, -0.25) is 0 Å². The van der Waals surface area contributed by atoms with Crippen LogP contribution in [0.5, 0.6) is 17.2 Å². The topological polar surface area (TPSA) is 69.3 Å². The van der Waals surface area contributed by atoms with Gasteiger partial charge in [0, 0.05) is 22.3 Å². The van der Waals surface area contributed by atoms with Gasteiger partial charge in [0.1, 0.15) is 25.6 Å². The fraction of sp³-hybridized carbons (Fsp3) is 0.269. The molecule has 0 bridgehead atoms. The lowest BCUT2D eigenvalue weighted by Crippen LogP contribution is -2.36. The molecule has 2 amide bonds. The molecular weight excluding hydrogens is 456 g/mol. The van der Waals surface area contributed by atoms with Crippen LogP contribution in [0.15, 0.2) is 60.7 Å². The molecule has 1 N–H and O–H groups in total. The predicted molar refractivity (Wildman–Crippen MR) is 129 cm³/mol. The second kappa shape index (κ2) is 10.2. The number of hydrogen-bond acceptors (Lipinski definition) is 5. The van der Waals surface area contributed by atoms with Gasteiger partial charge in [0.15, 0.2) is 11.5 Å². The van der Waals surface area contributed by atoms with E-state index in [1.807, 2.05) is 48.5 Å². The van der Waals surface area contributed by atoms with Crippen molar-refractivity contribution in [1.29, 1.82) is 0 Å². The molecule has 2 aliphatic heterocycles. The normalized spacial score (nSPS) is 14.6. The number of carbonyl (C=O) groups is 1. The molecule has 3 aromatic carbocycles. The summed E-state index contributed by atoms with van der Waals surface area (Å²) in [4.78, 5) is 14.7. The van der Waals surface area contributed by atoms with Crippen LogP contribution < -0.4 is 19.5 Å². The molecule has 3 aromatic rings. The van der Waals surface area contributed by atoms with Crippen molar-refractivity contribution in [2.75, 3.05) is 31.7 Å². The van der Waals surface area contributed by atoms with Crippen molar-refractivity contribution in [3.05, 3.63) is 82.4 Å². The highest BCUT2D eigenvalue weighted by Crippen LogP contribution is 2.33. The zero-order valence-electron chi connectivity index (χ0n) is 18.6. The van der Waals surface area contributed by atoms with Crippen molar-refractivity contribution in [2.45, 2.75) is 19.8 Å². The molecule has 0 aliphatic carbocycles. The summed E-state index contributed by atoms with van der Waals surface area (Å²) in [5, 5.41) is 3.64. The van der Waals surface area contributed by atoms with Gasteiger partial charge >= 0.3 is 6.03 Å². The second-order valence-corrected chi connectivity index (χ2v) is 8.49. The molecule has 2 aliphatic rings. The van der Waals surface area contributed by atoms with E-state index in [9.17, 15) is 4.79 Å². The Kier molecular flexibility index (Phi) is 6.74. The molecule has 34 heavy (non-hydrogen) atoms. The van der Waals surface area contributed by atoms with Crippen molar-refractivity contribution in [2.24, 2.45) is 0 Å². The van der Waals surface area contributed by atoms with Crippen LogP contribution in [-0.2, 0) is 24.5 Å². The van der Waals surface area contributed by atoms with Gasteiger partial charge in [-0.05, 0) is 41.5 Å². The smallest absolute Gasteiger partial charge is 0.322 e. The number of hydrogen-bond donors (Lipinski definition) is 1. The van der Waals surface area contributed by atoms with Crippen LogP contribution in [0, 0.1) is 0 Å². The first-order valence-electron chi connectivity index (χ1n) is 11.2. The maximum Gasteiger partial charge on any atom is 0.322 e. The molecule has 0 saturated carbocycles. The number of fused-ring (bicyclic) bond motifs is 2. The van der Waals surface area contributed by atoms with Gasteiger partial charge in [0.25, 0.3) is 0 Å². The van der Waals surface area contributed by atoms with Crippen LogP contribution >= 0.6 is 11.6 Å². The Morgan fingerprint density at radius 3 is 2.59 bits per heavy atom. The minimum Gasteiger partial charge on any atom is -0.491 e. The number of nitrogens with one attached hydrogen (secondary N) is 1. The molecular formula is C26H25ClN2O5. The van der Waals surface area contributed by atoms with Crippen molar-refractivity contribution < 1.29 is 23.7 Å². The van der Waals surface area contributed by atoms with E-state index in [1.54, 1.807) is 17.0 Å². The highest BCUT2D eigenvalue weighted by atomic mass is 35.5. The summed E-state index contributed by atoms with van der Waals surface area (Å²) in [6, 6.07) is 18.8. The molecule has 8 heteroatoms. The molecule has 176 valence electrons. The van der Waals surface area contributed by atoms with Crippen LogP contribution in [-0.4, -0.2) is 37.3 Å². The first-order valence-corrected chi connectivity index (χ1v) is 11.5. The second-order valence-electron chi connectivity index (χ2n) is 8.08. The zero-order valence-corrected chi connectivity index (χ0v) is 19.3. The predicted octanol–water partition coefficient (Wildman–Crippen LogP) is 5.25. The highest BCUT2D eigenvalue weighted by molar-refractivity contribution is 6.31. The van der Waals surface area contributed by atoms with E-state index >= 15 is 0 Å². The Labute approximate surface area is 203 Å². The van der Waals surface area contributed by atoms with Gasteiger partial charge in [-0.2, -0.15) is 0 Å². The summed E-state index contributed by atoms with van der Waals surface area (Å²) < 4.78 is 22.9. The first kappa shape index (κ1) is 22.4. The van der Waals surface area contributed by atoms with E-state index in [0.29, 0.717) is 68.3 Å². The molecule has 0 aromatic heterocycles. The third-order valence-corrected chi connectivity index (χ3v) is 6.04. The number of carbonyl (C=O) groups excluding carboxylic acids is 1. The number of amides is 2. The molecule has 0 fully saturated rings. The molecule has 7 nitrogen and oxygen atoms in total. The van der Waals surface area contributed by atoms with Crippen LogP contribution in [0.3, 0.4) is 0 Å². The zero-order chi connectivity index (χ0) is 23.3. The van der Waals surface area contributed by atoms with Crippen LogP contribution in [0.1, 0.15) is 16.7 Å². The average Bonchev–Trinajstić information content (AvgIpc) is 3.07. The van der Waals surface area contributed by atoms with Gasteiger partial charge in [0.05, 0.1) is 26.3 Å². The summed E-state index contributed by atoms with van der Waals surface area (Å²) in [5.74, 6) is 2.10. The molecule has 0 spiro atoms. The Morgan fingerprint density at radius 2 is 1.71 bits per heavy atom. The van der Waals surface area contributed by atoms with Crippen LogP contribution in [0.25, 0.3) is 0 Å². The summed E-state index contributed by atoms with van der Waals surface area (Å²) in [5.41, 5.74) is 3.54. The standard InChI is InChI=1S/C26H25ClN2O5/c27-22-4-2-1-3-19(22)17-31-16-18-5-7-23-20(13-18)15-29(9-10-32-23)26(30)28-21-6-8-24-25(14-21)34-12-11-33-24/h1-8,13-14H,9-12,15-17H2,(H,28,30). The van der Waals surface area contributed by atoms with Crippen LogP contribution in [0.2, 0.25) is 5.02 Å². The van der Waals surface area contributed by atoms with E-state index in [2.05, 4.69) is 5.32 Å². The Hall–Kier alpha value is -3.42. The van der Waals surface area contributed by atoms with Crippen molar-refractivity contribution in [3.8, 4) is 17.2 Å². The highest BCUT2D eigenvalue weighted by Gasteiger charge is 2.21. The summed E-state index contributed by atoms with van der Waals surface area (Å²) in [6.45, 7) is 3.21. The number of anilines is 1. The number of urea groups is 1. The largest absolute Gasteiger partial charge is 0.491 e. The first-order chi connectivity index (χ1) is 16.7. The Balaban J connectivity index is 1.22. The maximum atomic E-state index is 13.0. The monoisotopic (exact) mass is 480 g/mol. The van der Waals surface area contributed by atoms with Crippen molar-refractivity contribution in [1.82, 2.24) is 4.90 Å². The summed E-state index contributed by atoms with van der Waals surface area (Å²) in [6.07, 6.45) is 0. The fourth-order valence-electron chi connectivity index (χ4n) is 3.93. The SMILES string of the molecule is O=C(Nc1ccc2c(c1)OCCO2)N1CCOc2ccc(COCc3ccccc3Cl)cc2C1. The van der Waals surface area contributed by atoms with Gasteiger partial charge in [-0.1, -0.05) is 35.9 Å². The number of halogens is 1. The van der Waals surface area contributed by atoms with Gasteiger partial charge in [0.2, 0.25) is 0 Å². The van der Waals surface area contributed by atoms with Gasteiger partial charge in [-0.15, -0.1) is 0 Å². The number of benzene rings is 3. The Morgan fingerprint density at radius 1 is 0.912 bits per heavy atom. The molecule has 2 heterocycles. The van der Waals surface area contributed by atoms with Crippen LogP contribution in [0.4, 0.5) is 10.5 Å².